The molecule has 0 N–H and O–H groups in total. The number of alkyl halides is 1. The Kier molecular flexibility index (Phi) is 4.48. The summed E-state index contributed by atoms with van der Waals surface area (Å²) in [4.78, 5) is 9.28. The van der Waals surface area contributed by atoms with Crippen molar-refractivity contribution in [2.24, 2.45) is 0 Å². The van der Waals surface area contributed by atoms with Crippen LogP contribution < -0.4 is 0 Å². The van der Waals surface area contributed by atoms with Gasteiger partial charge < -0.3 is 0 Å². The zero-order valence-corrected chi connectivity index (χ0v) is 4.66. The minimum Gasteiger partial charge on any atom is -0.224 e. The SMILES string of the molecule is O=C=C=CCBr. The summed E-state index contributed by atoms with van der Waals surface area (Å²) in [6, 6.07) is 0. The third-order valence-corrected chi connectivity index (χ3v) is 0.562. The van der Waals surface area contributed by atoms with Crippen molar-refractivity contribution in [1.29, 1.82) is 0 Å². The normalized spacial score (nSPS) is 5.50. The minimum atomic E-state index is 0.669. The molecule has 0 heterocycles. The van der Waals surface area contributed by atoms with Crippen molar-refractivity contribution in [3.05, 3.63) is 11.8 Å². The molecule has 0 unspecified atom stereocenters. The van der Waals surface area contributed by atoms with E-state index in [4.69, 9.17) is 0 Å². The van der Waals surface area contributed by atoms with Crippen LogP contribution in [0.3, 0.4) is 0 Å². The lowest BCUT2D eigenvalue weighted by atomic mass is 10.7. The fraction of sp³-hybridized carbons (Fsp3) is 0.250. The maximum absolute atomic E-state index is 9.28. The van der Waals surface area contributed by atoms with Gasteiger partial charge in [0.2, 0.25) is 0 Å². The van der Waals surface area contributed by atoms with Gasteiger partial charge in [0, 0.05) is 5.33 Å². The predicted molar refractivity (Wildman–Crippen MR) is 27.6 cm³/mol. The number of hydrogen-bond acceptors (Lipinski definition) is 1. The summed E-state index contributed by atoms with van der Waals surface area (Å²) in [7, 11) is 0. The van der Waals surface area contributed by atoms with Crippen molar-refractivity contribution in [1.82, 2.24) is 0 Å². The van der Waals surface area contributed by atoms with Gasteiger partial charge in [-0.25, -0.2) is 4.79 Å². The van der Waals surface area contributed by atoms with Crippen LogP contribution in [-0.2, 0) is 4.79 Å². The fourth-order valence-corrected chi connectivity index (χ4v) is 0.242. The number of allylic oxidation sites excluding steroid dienone is 1. The topological polar surface area (TPSA) is 17.1 Å². The minimum absolute atomic E-state index is 0.669. The number of halogens is 1. The highest BCUT2D eigenvalue weighted by Gasteiger charge is 1.54. The smallest absolute Gasteiger partial charge is 0.176 e. The van der Waals surface area contributed by atoms with Gasteiger partial charge in [-0.2, -0.15) is 0 Å². The van der Waals surface area contributed by atoms with Crippen LogP contribution in [0.5, 0.6) is 0 Å². The van der Waals surface area contributed by atoms with E-state index in [9.17, 15) is 4.79 Å². The molecule has 0 aliphatic carbocycles. The summed E-state index contributed by atoms with van der Waals surface area (Å²) >= 11 is 3.05. The standard InChI is InChI=1S/C4H3BrO/c5-3-1-2-4-6/h1H,3H2. The molecule has 0 rings (SSSR count). The first-order valence-electron chi connectivity index (χ1n) is 1.42. The Morgan fingerprint density at radius 3 is 2.67 bits per heavy atom. The van der Waals surface area contributed by atoms with Crippen molar-refractivity contribution in [3.63, 3.8) is 0 Å². The average molecular weight is 147 g/mol. The van der Waals surface area contributed by atoms with E-state index in [-0.39, 0.29) is 0 Å². The van der Waals surface area contributed by atoms with Gasteiger partial charge in [-0.05, 0) is 11.8 Å². The van der Waals surface area contributed by atoms with Gasteiger partial charge in [-0.15, -0.1) is 0 Å². The molecule has 6 heavy (non-hydrogen) atoms. The zero-order chi connectivity index (χ0) is 4.83. The van der Waals surface area contributed by atoms with Gasteiger partial charge in [0.15, 0.2) is 5.94 Å². The lowest BCUT2D eigenvalue weighted by Gasteiger charge is -1.56. The molecule has 0 aliphatic heterocycles. The van der Waals surface area contributed by atoms with Gasteiger partial charge in [0.1, 0.15) is 0 Å². The largest absolute Gasteiger partial charge is 0.224 e. The molecule has 0 spiro atoms. The highest BCUT2D eigenvalue weighted by Crippen LogP contribution is 1.74. The maximum Gasteiger partial charge on any atom is 0.176 e. The number of carbonyl (C=O) groups excluding carboxylic acids is 1. The number of rotatable bonds is 1. The molecule has 0 radical (unpaired) electrons. The Labute approximate surface area is 44.5 Å². The van der Waals surface area contributed by atoms with Gasteiger partial charge >= 0.3 is 0 Å². The maximum atomic E-state index is 9.28. The Morgan fingerprint density at radius 2 is 2.50 bits per heavy atom. The van der Waals surface area contributed by atoms with Gasteiger partial charge in [-0.3, -0.25) is 0 Å². The summed E-state index contributed by atoms with van der Waals surface area (Å²) in [5, 5.41) is 0.669. The first-order chi connectivity index (χ1) is 2.91. The van der Waals surface area contributed by atoms with E-state index in [1.54, 1.807) is 6.08 Å². The van der Waals surface area contributed by atoms with Crippen molar-refractivity contribution in [3.8, 4) is 0 Å². The van der Waals surface area contributed by atoms with Crippen LogP contribution in [0.1, 0.15) is 0 Å². The molecule has 0 saturated heterocycles. The summed E-state index contributed by atoms with van der Waals surface area (Å²) in [5.41, 5.74) is 2.22. The van der Waals surface area contributed by atoms with Gasteiger partial charge in [0.05, 0.1) is 0 Å². The van der Waals surface area contributed by atoms with Crippen LogP contribution in [-0.4, -0.2) is 11.3 Å². The molecular weight excluding hydrogens is 144 g/mol. The van der Waals surface area contributed by atoms with Crippen molar-refractivity contribution < 1.29 is 4.79 Å². The third-order valence-electron chi connectivity index (χ3n) is 0.238. The molecule has 32 valence electrons. The molecular formula is C4H3BrO. The fourth-order valence-electron chi connectivity index (χ4n) is 0.0802. The highest BCUT2D eigenvalue weighted by atomic mass is 79.9. The van der Waals surface area contributed by atoms with Crippen LogP contribution in [0, 0.1) is 0 Å². The molecule has 1 nitrogen and oxygen atoms in total. The molecule has 0 aromatic rings. The quantitative estimate of drug-likeness (QED) is 0.306. The molecule has 0 atom stereocenters. The molecule has 0 aliphatic rings. The third kappa shape index (κ3) is 3.71. The lowest BCUT2D eigenvalue weighted by molar-refractivity contribution is 0.569. The van der Waals surface area contributed by atoms with Crippen LogP contribution in [0.2, 0.25) is 0 Å². The van der Waals surface area contributed by atoms with Gasteiger partial charge in [0.25, 0.3) is 0 Å². The second-order valence-corrected chi connectivity index (χ2v) is 1.25. The Bertz CT molecular complexity index is 96.1. The lowest BCUT2D eigenvalue weighted by Crippen LogP contribution is -1.49. The number of hydrogen-bond donors (Lipinski definition) is 0. The highest BCUT2D eigenvalue weighted by molar-refractivity contribution is 9.09. The van der Waals surface area contributed by atoms with Crippen LogP contribution in [0.25, 0.3) is 0 Å². The van der Waals surface area contributed by atoms with Crippen molar-refractivity contribution in [2.75, 3.05) is 5.33 Å². The van der Waals surface area contributed by atoms with Gasteiger partial charge in [-0.1, -0.05) is 15.9 Å². The van der Waals surface area contributed by atoms with E-state index in [1.807, 2.05) is 0 Å². The molecule has 0 bridgehead atoms. The molecule has 0 saturated carbocycles. The second kappa shape index (κ2) is 4.71. The Hall–Kier alpha value is -0.290. The Morgan fingerprint density at radius 1 is 1.83 bits per heavy atom. The van der Waals surface area contributed by atoms with E-state index in [1.165, 1.54) is 5.94 Å². The van der Waals surface area contributed by atoms with E-state index in [0.29, 0.717) is 5.33 Å². The molecule has 0 aromatic carbocycles. The first-order valence-corrected chi connectivity index (χ1v) is 2.54. The summed E-state index contributed by atoms with van der Waals surface area (Å²) < 4.78 is 0. The molecule has 0 aromatic heterocycles. The summed E-state index contributed by atoms with van der Waals surface area (Å²) in [5.74, 6) is 1.48. The van der Waals surface area contributed by atoms with Crippen molar-refractivity contribution >= 4 is 21.9 Å². The average Bonchev–Trinajstić information content (AvgIpc) is 1.61. The second-order valence-electron chi connectivity index (χ2n) is 0.605. The molecule has 0 fully saturated rings. The zero-order valence-electron chi connectivity index (χ0n) is 3.07. The Balaban J connectivity index is 3.47. The van der Waals surface area contributed by atoms with Crippen LogP contribution in [0.4, 0.5) is 0 Å². The predicted octanol–water partition coefficient (Wildman–Crippen LogP) is 0.924. The van der Waals surface area contributed by atoms with E-state index >= 15 is 0 Å². The summed E-state index contributed by atoms with van der Waals surface area (Å²) in [6.07, 6.45) is 1.55. The van der Waals surface area contributed by atoms with Crippen LogP contribution in [0.15, 0.2) is 11.8 Å². The first kappa shape index (κ1) is 5.71. The monoisotopic (exact) mass is 146 g/mol. The van der Waals surface area contributed by atoms with E-state index in [0.717, 1.165) is 0 Å². The summed E-state index contributed by atoms with van der Waals surface area (Å²) in [6.45, 7) is 0. The van der Waals surface area contributed by atoms with E-state index in [2.05, 4.69) is 21.7 Å². The van der Waals surface area contributed by atoms with Crippen molar-refractivity contribution in [2.45, 2.75) is 0 Å². The van der Waals surface area contributed by atoms with E-state index < -0.39 is 0 Å². The molecule has 2 heteroatoms. The van der Waals surface area contributed by atoms with Crippen LogP contribution >= 0.6 is 15.9 Å². The molecule has 0 amide bonds.